The predicted octanol–water partition coefficient (Wildman–Crippen LogP) is 2.90. The molecule has 92 valence electrons. The van der Waals surface area contributed by atoms with Gasteiger partial charge in [0.1, 0.15) is 5.75 Å². The Morgan fingerprint density at radius 3 is 2.76 bits per heavy atom. The van der Waals surface area contributed by atoms with Crippen molar-refractivity contribution in [1.29, 1.82) is 0 Å². The fourth-order valence-corrected chi connectivity index (χ4v) is 2.17. The topological polar surface area (TPSA) is 49.3 Å². The number of nitrogens with one attached hydrogen (secondary N) is 1. The first kappa shape index (κ1) is 12.7. The minimum atomic E-state index is -0.177. The van der Waals surface area contributed by atoms with Crippen LogP contribution in [0, 0.1) is 5.41 Å². The number of aromatic hydroxyl groups is 1. The van der Waals surface area contributed by atoms with Crippen molar-refractivity contribution in [2.45, 2.75) is 12.8 Å². The number of amides is 1. The van der Waals surface area contributed by atoms with Gasteiger partial charge in [0.05, 0.1) is 4.47 Å². The van der Waals surface area contributed by atoms with E-state index in [4.69, 9.17) is 11.6 Å². The molecule has 0 aromatic heterocycles. The number of carbonyl (C=O) groups is 1. The molecule has 1 amide bonds. The Morgan fingerprint density at radius 2 is 2.24 bits per heavy atom. The highest BCUT2D eigenvalue weighted by molar-refractivity contribution is 9.10. The molecule has 1 fully saturated rings. The van der Waals surface area contributed by atoms with Gasteiger partial charge < -0.3 is 10.4 Å². The summed E-state index contributed by atoms with van der Waals surface area (Å²) in [7, 11) is 0. The highest BCUT2D eigenvalue weighted by atomic mass is 79.9. The molecule has 1 aromatic carbocycles. The highest BCUT2D eigenvalue weighted by Crippen LogP contribution is 2.45. The number of hydrogen-bond acceptors (Lipinski definition) is 2. The summed E-state index contributed by atoms with van der Waals surface area (Å²) in [6, 6.07) is 4.76. The zero-order chi connectivity index (χ0) is 12.5. The Labute approximate surface area is 113 Å². The third-order valence-corrected chi connectivity index (χ3v) is 4.31. The Balaban J connectivity index is 1.97. The molecule has 1 saturated carbocycles. The zero-order valence-electron chi connectivity index (χ0n) is 9.17. The van der Waals surface area contributed by atoms with Gasteiger partial charge in [-0.3, -0.25) is 4.79 Å². The van der Waals surface area contributed by atoms with Crippen LogP contribution >= 0.6 is 27.5 Å². The van der Waals surface area contributed by atoms with Crippen LogP contribution in [-0.4, -0.2) is 23.4 Å². The Morgan fingerprint density at radius 1 is 1.53 bits per heavy atom. The number of carbonyl (C=O) groups excluding carboxylic acids is 1. The number of hydrogen-bond donors (Lipinski definition) is 2. The van der Waals surface area contributed by atoms with Gasteiger partial charge in [-0.2, -0.15) is 0 Å². The van der Waals surface area contributed by atoms with Crippen molar-refractivity contribution in [1.82, 2.24) is 5.32 Å². The van der Waals surface area contributed by atoms with Gasteiger partial charge >= 0.3 is 0 Å². The SMILES string of the molecule is O=C(NCC1(CCl)CC1)c1ccc(Br)c(O)c1. The summed E-state index contributed by atoms with van der Waals surface area (Å²) in [6.45, 7) is 0.603. The van der Waals surface area contributed by atoms with Crippen LogP contribution in [0.25, 0.3) is 0 Å². The number of phenolic OH excluding ortho intramolecular Hbond substituents is 1. The molecule has 0 spiro atoms. The van der Waals surface area contributed by atoms with Crippen molar-refractivity contribution in [3.63, 3.8) is 0 Å². The lowest BCUT2D eigenvalue weighted by Gasteiger charge is -2.12. The quantitative estimate of drug-likeness (QED) is 0.839. The van der Waals surface area contributed by atoms with Crippen LogP contribution in [0.5, 0.6) is 5.75 Å². The molecule has 0 heterocycles. The third-order valence-electron chi connectivity index (χ3n) is 3.07. The zero-order valence-corrected chi connectivity index (χ0v) is 11.5. The number of alkyl halides is 1. The second kappa shape index (κ2) is 4.86. The van der Waals surface area contributed by atoms with E-state index >= 15 is 0 Å². The third kappa shape index (κ3) is 2.93. The van der Waals surface area contributed by atoms with E-state index in [0.717, 1.165) is 12.8 Å². The molecule has 0 radical (unpaired) electrons. The number of halogens is 2. The monoisotopic (exact) mass is 317 g/mol. The summed E-state index contributed by atoms with van der Waals surface area (Å²) < 4.78 is 0.577. The number of benzene rings is 1. The lowest BCUT2D eigenvalue weighted by Crippen LogP contribution is -2.30. The van der Waals surface area contributed by atoms with Gasteiger partial charge in [-0.25, -0.2) is 0 Å². The molecule has 1 aliphatic rings. The molecule has 0 unspecified atom stereocenters. The Bertz CT molecular complexity index is 446. The van der Waals surface area contributed by atoms with Gasteiger partial charge in [-0.1, -0.05) is 0 Å². The predicted molar refractivity (Wildman–Crippen MR) is 70.5 cm³/mol. The molecule has 0 aliphatic heterocycles. The maximum Gasteiger partial charge on any atom is 0.251 e. The van der Waals surface area contributed by atoms with Crippen LogP contribution < -0.4 is 5.32 Å². The molecule has 1 aromatic rings. The molecule has 17 heavy (non-hydrogen) atoms. The summed E-state index contributed by atoms with van der Waals surface area (Å²) in [4.78, 5) is 11.8. The van der Waals surface area contributed by atoms with Gasteiger partial charge in [0, 0.05) is 23.4 Å². The summed E-state index contributed by atoms with van der Waals surface area (Å²) >= 11 is 9.00. The average molecular weight is 319 g/mol. The molecule has 0 atom stereocenters. The number of phenols is 1. The van der Waals surface area contributed by atoms with Crippen LogP contribution in [0.4, 0.5) is 0 Å². The molecule has 2 N–H and O–H groups in total. The molecule has 2 rings (SSSR count). The van der Waals surface area contributed by atoms with Crippen LogP contribution in [0.2, 0.25) is 0 Å². The van der Waals surface area contributed by atoms with E-state index in [1.807, 2.05) is 0 Å². The summed E-state index contributed by atoms with van der Waals surface area (Å²) in [6.07, 6.45) is 2.14. The van der Waals surface area contributed by atoms with Gasteiger partial charge in [-0.05, 0) is 47.0 Å². The van der Waals surface area contributed by atoms with Crippen molar-refractivity contribution >= 4 is 33.4 Å². The smallest absolute Gasteiger partial charge is 0.251 e. The average Bonchev–Trinajstić information content (AvgIpc) is 3.10. The second-order valence-electron chi connectivity index (χ2n) is 4.48. The van der Waals surface area contributed by atoms with Crippen LogP contribution in [0.3, 0.4) is 0 Å². The molecular weight excluding hydrogens is 305 g/mol. The molecule has 3 nitrogen and oxygen atoms in total. The molecular formula is C12H13BrClNO2. The molecule has 0 saturated heterocycles. The fraction of sp³-hybridized carbons (Fsp3) is 0.417. The van der Waals surface area contributed by atoms with Crippen molar-refractivity contribution in [2.24, 2.45) is 5.41 Å². The van der Waals surface area contributed by atoms with Crippen molar-refractivity contribution in [2.75, 3.05) is 12.4 Å². The fourth-order valence-electron chi connectivity index (χ4n) is 1.56. The Hall–Kier alpha value is -0.740. The van der Waals surface area contributed by atoms with E-state index < -0.39 is 0 Å². The molecule has 5 heteroatoms. The first-order chi connectivity index (χ1) is 8.06. The summed E-state index contributed by atoms with van der Waals surface area (Å²) in [5, 5.41) is 12.3. The summed E-state index contributed by atoms with van der Waals surface area (Å²) in [5.74, 6) is 0.471. The maximum absolute atomic E-state index is 11.8. The number of rotatable bonds is 4. The van der Waals surface area contributed by atoms with Crippen LogP contribution in [-0.2, 0) is 0 Å². The van der Waals surface area contributed by atoms with Crippen LogP contribution in [0.15, 0.2) is 22.7 Å². The standard InChI is InChI=1S/C12H13BrClNO2/c13-9-2-1-8(5-10(9)16)11(17)15-7-12(6-14)3-4-12/h1-2,5,16H,3-4,6-7H2,(H,15,17). The first-order valence-corrected chi connectivity index (χ1v) is 6.72. The minimum absolute atomic E-state index is 0.0659. The molecule has 1 aliphatic carbocycles. The molecule has 0 bridgehead atoms. The van der Waals surface area contributed by atoms with Crippen molar-refractivity contribution in [3.05, 3.63) is 28.2 Å². The normalized spacial score (nSPS) is 16.6. The highest BCUT2D eigenvalue weighted by Gasteiger charge is 2.41. The largest absolute Gasteiger partial charge is 0.507 e. The lowest BCUT2D eigenvalue weighted by atomic mass is 10.1. The van der Waals surface area contributed by atoms with Crippen LogP contribution in [0.1, 0.15) is 23.2 Å². The van der Waals surface area contributed by atoms with E-state index in [1.54, 1.807) is 12.1 Å². The van der Waals surface area contributed by atoms with Gasteiger partial charge in [-0.15, -0.1) is 11.6 Å². The second-order valence-corrected chi connectivity index (χ2v) is 5.60. The van der Waals surface area contributed by atoms with Gasteiger partial charge in [0.25, 0.3) is 5.91 Å². The van der Waals surface area contributed by atoms with E-state index in [-0.39, 0.29) is 17.1 Å². The van der Waals surface area contributed by atoms with E-state index in [9.17, 15) is 9.90 Å². The maximum atomic E-state index is 11.8. The van der Waals surface area contributed by atoms with E-state index in [1.165, 1.54) is 6.07 Å². The van der Waals surface area contributed by atoms with E-state index in [0.29, 0.717) is 22.5 Å². The first-order valence-electron chi connectivity index (χ1n) is 5.39. The lowest BCUT2D eigenvalue weighted by molar-refractivity contribution is 0.0946. The van der Waals surface area contributed by atoms with Gasteiger partial charge in [0.2, 0.25) is 0 Å². The van der Waals surface area contributed by atoms with Crippen molar-refractivity contribution in [3.8, 4) is 5.75 Å². The minimum Gasteiger partial charge on any atom is -0.507 e. The summed E-state index contributed by atoms with van der Waals surface area (Å²) in [5.41, 5.74) is 0.560. The Kier molecular flexibility index (Phi) is 3.64. The van der Waals surface area contributed by atoms with E-state index in [2.05, 4.69) is 21.2 Å². The van der Waals surface area contributed by atoms with Gasteiger partial charge in [0.15, 0.2) is 0 Å². The van der Waals surface area contributed by atoms with Crippen molar-refractivity contribution < 1.29 is 9.90 Å².